The van der Waals surface area contributed by atoms with Crippen molar-refractivity contribution in [1.29, 1.82) is 0 Å². The van der Waals surface area contributed by atoms with Crippen LogP contribution in [0.3, 0.4) is 0 Å². The minimum absolute atomic E-state index is 0.191. The van der Waals surface area contributed by atoms with Crippen molar-refractivity contribution in [1.82, 2.24) is 4.57 Å². The lowest BCUT2D eigenvalue weighted by Crippen LogP contribution is -2.40. The van der Waals surface area contributed by atoms with Crippen LogP contribution in [-0.2, 0) is 9.53 Å². The minimum Gasteiger partial charge on any atom is -0.497 e. The fourth-order valence-electron chi connectivity index (χ4n) is 3.87. The summed E-state index contributed by atoms with van der Waals surface area (Å²) in [7, 11) is 1.60. The molecule has 0 aliphatic carbocycles. The molecule has 0 saturated heterocycles. The number of allylic oxidation sites excluding steroid dienone is 1. The van der Waals surface area contributed by atoms with Crippen molar-refractivity contribution in [2.24, 2.45) is 4.99 Å². The SMILES string of the molecule is COc1ccc(C2C(C(=O)OC(C)C)=C(C)N=c3s/c(=C\c4cccc(C)c4)c(=O)n32)cc1. The van der Waals surface area contributed by atoms with Crippen LogP contribution in [-0.4, -0.2) is 23.8 Å². The van der Waals surface area contributed by atoms with Crippen molar-refractivity contribution in [3.05, 3.63) is 96.2 Å². The molecule has 3 aromatic rings. The van der Waals surface area contributed by atoms with Crippen LogP contribution < -0.4 is 19.6 Å². The Labute approximate surface area is 196 Å². The molecule has 1 aliphatic heterocycles. The number of rotatable bonds is 5. The molecule has 0 N–H and O–H groups in total. The maximum absolute atomic E-state index is 13.6. The van der Waals surface area contributed by atoms with Crippen LogP contribution in [0, 0.1) is 6.92 Å². The van der Waals surface area contributed by atoms with Crippen molar-refractivity contribution in [3.8, 4) is 5.75 Å². The van der Waals surface area contributed by atoms with Gasteiger partial charge in [-0.2, -0.15) is 0 Å². The van der Waals surface area contributed by atoms with E-state index in [0.717, 1.165) is 16.7 Å². The second kappa shape index (κ2) is 9.19. The molecule has 0 amide bonds. The average molecular weight is 463 g/mol. The third-order valence-electron chi connectivity index (χ3n) is 5.36. The lowest BCUT2D eigenvalue weighted by atomic mass is 9.96. The van der Waals surface area contributed by atoms with E-state index in [-0.39, 0.29) is 11.7 Å². The second-order valence-electron chi connectivity index (χ2n) is 8.22. The van der Waals surface area contributed by atoms with E-state index in [1.54, 1.807) is 32.4 Å². The van der Waals surface area contributed by atoms with E-state index in [2.05, 4.69) is 4.99 Å². The average Bonchev–Trinajstić information content (AvgIpc) is 3.07. The highest BCUT2D eigenvalue weighted by atomic mass is 32.1. The molecule has 33 heavy (non-hydrogen) atoms. The summed E-state index contributed by atoms with van der Waals surface area (Å²) < 4.78 is 13.0. The number of carbonyl (C=O) groups excluding carboxylic acids is 1. The molecule has 0 fully saturated rings. The molecule has 0 spiro atoms. The first-order valence-corrected chi connectivity index (χ1v) is 11.5. The van der Waals surface area contributed by atoms with Crippen LogP contribution in [0.2, 0.25) is 0 Å². The Hall–Kier alpha value is -3.45. The number of hydrogen-bond acceptors (Lipinski definition) is 6. The quantitative estimate of drug-likeness (QED) is 0.544. The Morgan fingerprint density at radius 1 is 1.15 bits per heavy atom. The highest BCUT2D eigenvalue weighted by Gasteiger charge is 2.33. The Morgan fingerprint density at radius 2 is 1.88 bits per heavy atom. The topological polar surface area (TPSA) is 69.9 Å². The van der Waals surface area contributed by atoms with E-state index >= 15 is 0 Å². The molecular weight excluding hydrogens is 436 g/mol. The van der Waals surface area contributed by atoms with Crippen molar-refractivity contribution in [2.75, 3.05) is 7.11 Å². The normalized spacial score (nSPS) is 15.9. The van der Waals surface area contributed by atoms with Crippen molar-refractivity contribution >= 4 is 23.4 Å². The van der Waals surface area contributed by atoms with Gasteiger partial charge in [0.15, 0.2) is 4.80 Å². The summed E-state index contributed by atoms with van der Waals surface area (Å²) in [6, 6.07) is 14.7. The molecule has 1 atom stereocenters. The van der Waals surface area contributed by atoms with Gasteiger partial charge < -0.3 is 9.47 Å². The van der Waals surface area contributed by atoms with Gasteiger partial charge in [0.1, 0.15) is 5.75 Å². The molecular formula is C26H26N2O4S. The third-order valence-corrected chi connectivity index (χ3v) is 6.34. The molecule has 0 bridgehead atoms. The maximum atomic E-state index is 13.6. The number of thiazole rings is 1. The number of fused-ring (bicyclic) bond motifs is 1. The second-order valence-corrected chi connectivity index (χ2v) is 9.23. The number of ether oxygens (including phenoxy) is 2. The van der Waals surface area contributed by atoms with Crippen LogP contribution in [0.4, 0.5) is 0 Å². The third kappa shape index (κ3) is 4.54. The standard InChI is InChI=1S/C26H26N2O4S/c1-15(2)32-25(30)22-17(4)27-26-28(23(22)19-9-11-20(31-5)12-10-19)24(29)21(33-26)14-18-8-6-7-16(3)13-18/h6-15,23H,1-5H3/b21-14-. The molecule has 1 aromatic heterocycles. The molecule has 2 heterocycles. The van der Waals surface area contributed by atoms with E-state index in [4.69, 9.17) is 9.47 Å². The fraction of sp³-hybridized carbons (Fsp3) is 0.269. The summed E-state index contributed by atoms with van der Waals surface area (Å²) in [5, 5.41) is 0. The lowest BCUT2D eigenvalue weighted by Gasteiger charge is -2.25. The molecule has 0 radical (unpaired) electrons. The first kappa shape index (κ1) is 22.7. The zero-order valence-corrected chi connectivity index (χ0v) is 20.1. The summed E-state index contributed by atoms with van der Waals surface area (Å²) in [6.45, 7) is 7.39. The number of hydrogen-bond donors (Lipinski definition) is 0. The van der Waals surface area contributed by atoms with Gasteiger partial charge >= 0.3 is 5.97 Å². The van der Waals surface area contributed by atoms with Gasteiger partial charge in [-0.1, -0.05) is 53.3 Å². The van der Waals surface area contributed by atoms with Crippen molar-refractivity contribution in [3.63, 3.8) is 0 Å². The van der Waals surface area contributed by atoms with Crippen LogP contribution in [0.15, 0.2) is 69.6 Å². The monoisotopic (exact) mass is 462 g/mol. The zero-order valence-electron chi connectivity index (χ0n) is 19.3. The molecule has 1 unspecified atom stereocenters. The summed E-state index contributed by atoms with van der Waals surface area (Å²) in [5.74, 6) is 0.220. The summed E-state index contributed by atoms with van der Waals surface area (Å²) >= 11 is 1.32. The Balaban J connectivity index is 1.94. The summed E-state index contributed by atoms with van der Waals surface area (Å²) in [4.78, 5) is 31.9. The minimum atomic E-state index is -0.641. The van der Waals surface area contributed by atoms with Gasteiger partial charge in [0.2, 0.25) is 0 Å². The molecule has 2 aromatic carbocycles. The van der Waals surface area contributed by atoms with E-state index < -0.39 is 12.0 Å². The predicted octanol–water partition coefficient (Wildman–Crippen LogP) is 3.50. The number of carbonyl (C=O) groups is 1. The zero-order chi connectivity index (χ0) is 23.7. The first-order chi connectivity index (χ1) is 15.8. The van der Waals surface area contributed by atoms with Gasteiger partial charge in [0.05, 0.1) is 35.1 Å². The number of aryl methyl sites for hydroxylation is 1. The Kier molecular flexibility index (Phi) is 6.33. The van der Waals surface area contributed by atoms with Crippen LogP contribution in [0.1, 0.15) is 43.5 Å². The highest BCUT2D eigenvalue weighted by molar-refractivity contribution is 7.07. The van der Waals surface area contributed by atoms with Gasteiger partial charge in [-0.05, 0) is 57.0 Å². The van der Waals surface area contributed by atoms with Gasteiger partial charge in [0, 0.05) is 0 Å². The van der Waals surface area contributed by atoms with Gasteiger partial charge in [0.25, 0.3) is 5.56 Å². The molecule has 6 nitrogen and oxygen atoms in total. The van der Waals surface area contributed by atoms with Crippen LogP contribution in [0.5, 0.6) is 5.75 Å². The van der Waals surface area contributed by atoms with E-state index in [1.165, 1.54) is 11.3 Å². The van der Waals surface area contributed by atoms with E-state index in [0.29, 0.717) is 26.4 Å². The molecule has 7 heteroatoms. The van der Waals surface area contributed by atoms with Crippen molar-refractivity contribution < 1.29 is 14.3 Å². The van der Waals surface area contributed by atoms with Crippen LogP contribution >= 0.6 is 11.3 Å². The van der Waals surface area contributed by atoms with Crippen LogP contribution in [0.25, 0.3) is 6.08 Å². The number of nitrogens with zero attached hydrogens (tertiary/aromatic N) is 2. The summed E-state index contributed by atoms with van der Waals surface area (Å²) in [5.41, 5.74) is 3.55. The molecule has 1 aliphatic rings. The van der Waals surface area contributed by atoms with Crippen molar-refractivity contribution in [2.45, 2.75) is 39.8 Å². The molecule has 4 rings (SSSR count). The number of esters is 1. The van der Waals surface area contributed by atoms with Gasteiger partial charge in [-0.15, -0.1) is 0 Å². The Morgan fingerprint density at radius 3 is 2.52 bits per heavy atom. The molecule has 0 saturated carbocycles. The maximum Gasteiger partial charge on any atom is 0.338 e. The Bertz CT molecular complexity index is 1410. The predicted molar refractivity (Wildman–Crippen MR) is 129 cm³/mol. The summed E-state index contributed by atoms with van der Waals surface area (Å²) in [6.07, 6.45) is 1.58. The first-order valence-electron chi connectivity index (χ1n) is 10.7. The number of methoxy groups -OCH3 is 1. The number of aromatic nitrogens is 1. The van der Waals surface area contributed by atoms with Gasteiger partial charge in [-0.3, -0.25) is 9.36 Å². The fourth-order valence-corrected chi connectivity index (χ4v) is 4.92. The smallest absolute Gasteiger partial charge is 0.338 e. The lowest BCUT2D eigenvalue weighted by molar-refractivity contribution is -0.143. The molecule has 170 valence electrons. The van der Waals surface area contributed by atoms with E-state index in [1.807, 2.05) is 61.5 Å². The highest BCUT2D eigenvalue weighted by Crippen LogP contribution is 2.31. The van der Waals surface area contributed by atoms with E-state index in [9.17, 15) is 9.59 Å². The largest absolute Gasteiger partial charge is 0.497 e. The van der Waals surface area contributed by atoms with Gasteiger partial charge in [-0.25, -0.2) is 9.79 Å². The number of benzene rings is 2.